The molecule has 3 nitrogen and oxygen atoms in total. The van der Waals surface area contributed by atoms with Crippen molar-refractivity contribution in [2.75, 3.05) is 0 Å². The maximum Gasteiger partial charge on any atom is 0.338 e. The first-order valence-corrected chi connectivity index (χ1v) is 5.27. The summed E-state index contributed by atoms with van der Waals surface area (Å²) in [6.45, 7) is 1.99. The standard InChI is InChI=1S/C11H9NO2S/c1-7-2-4-8(5-3-7)10-9(11(13)14)6-15-12-10/h2-6H,1H3,(H,13,14). The smallest absolute Gasteiger partial charge is 0.338 e. The number of nitrogens with zero attached hydrogens (tertiary/aromatic N) is 1. The van der Waals surface area contributed by atoms with Crippen LogP contribution in [0.5, 0.6) is 0 Å². The molecule has 0 radical (unpaired) electrons. The average molecular weight is 219 g/mol. The first-order valence-electron chi connectivity index (χ1n) is 4.43. The third kappa shape index (κ3) is 1.89. The fraction of sp³-hybridized carbons (Fsp3) is 0.0909. The van der Waals surface area contributed by atoms with Crippen molar-refractivity contribution in [3.05, 3.63) is 40.8 Å². The van der Waals surface area contributed by atoms with Crippen molar-refractivity contribution < 1.29 is 9.90 Å². The zero-order valence-corrected chi connectivity index (χ0v) is 8.91. The molecule has 0 atom stereocenters. The van der Waals surface area contributed by atoms with Gasteiger partial charge in [0.2, 0.25) is 0 Å². The van der Waals surface area contributed by atoms with E-state index in [1.807, 2.05) is 31.2 Å². The summed E-state index contributed by atoms with van der Waals surface area (Å²) in [5, 5.41) is 10.5. The Morgan fingerprint density at radius 3 is 2.60 bits per heavy atom. The van der Waals surface area contributed by atoms with Gasteiger partial charge in [0.15, 0.2) is 0 Å². The second kappa shape index (κ2) is 3.82. The molecule has 76 valence electrons. The second-order valence-corrected chi connectivity index (χ2v) is 3.88. The maximum atomic E-state index is 10.9. The van der Waals surface area contributed by atoms with Crippen molar-refractivity contribution in [3.8, 4) is 11.3 Å². The van der Waals surface area contributed by atoms with E-state index in [4.69, 9.17) is 5.11 Å². The van der Waals surface area contributed by atoms with Crippen molar-refractivity contribution in [1.82, 2.24) is 4.37 Å². The number of benzene rings is 1. The highest BCUT2D eigenvalue weighted by Crippen LogP contribution is 2.24. The van der Waals surface area contributed by atoms with E-state index in [1.165, 1.54) is 0 Å². The Bertz CT molecular complexity index is 488. The van der Waals surface area contributed by atoms with E-state index in [-0.39, 0.29) is 5.56 Å². The van der Waals surface area contributed by atoms with Gasteiger partial charge in [-0.25, -0.2) is 4.79 Å². The van der Waals surface area contributed by atoms with Gasteiger partial charge >= 0.3 is 5.97 Å². The molecule has 1 N–H and O–H groups in total. The summed E-state index contributed by atoms with van der Waals surface area (Å²) in [6, 6.07) is 7.66. The highest BCUT2D eigenvalue weighted by molar-refractivity contribution is 7.04. The van der Waals surface area contributed by atoms with Gasteiger partial charge in [-0.1, -0.05) is 29.8 Å². The van der Waals surface area contributed by atoms with E-state index in [1.54, 1.807) is 5.38 Å². The van der Waals surface area contributed by atoms with Crippen LogP contribution in [0, 0.1) is 6.92 Å². The third-order valence-electron chi connectivity index (χ3n) is 2.13. The Morgan fingerprint density at radius 2 is 2.00 bits per heavy atom. The highest BCUT2D eigenvalue weighted by Gasteiger charge is 2.13. The minimum Gasteiger partial charge on any atom is -0.478 e. The molecule has 0 aliphatic carbocycles. The lowest BCUT2D eigenvalue weighted by Gasteiger charge is -1.99. The molecule has 0 fully saturated rings. The average Bonchev–Trinajstić information content (AvgIpc) is 2.67. The van der Waals surface area contributed by atoms with Crippen molar-refractivity contribution in [2.24, 2.45) is 0 Å². The van der Waals surface area contributed by atoms with Gasteiger partial charge < -0.3 is 5.11 Å². The van der Waals surface area contributed by atoms with Crippen LogP contribution in [0.1, 0.15) is 15.9 Å². The summed E-state index contributed by atoms with van der Waals surface area (Å²) in [6.07, 6.45) is 0. The predicted molar refractivity (Wildman–Crippen MR) is 59.2 cm³/mol. The van der Waals surface area contributed by atoms with Gasteiger partial charge in [-0.15, -0.1) is 0 Å². The van der Waals surface area contributed by atoms with Crippen LogP contribution in [0.25, 0.3) is 11.3 Å². The number of carboxylic acid groups (broad SMARTS) is 1. The number of hydrogen-bond donors (Lipinski definition) is 1. The van der Waals surface area contributed by atoms with Gasteiger partial charge in [-0.2, -0.15) is 4.37 Å². The van der Waals surface area contributed by atoms with Crippen LogP contribution in [0.15, 0.2) is 29.6 Å². The lowest BCUT2D eigenvalue weighted by atomic mass is 10.1. The topological polar surface area (TPSA) is 50.2 Å². The van der Waals surface area contributed by atoms with E-state index < -0.39 is 5.97 Å². The molecule has 2 rings (SSSR count). The molecule has 4 heteroatoms. The quantitative estimate of drug-likeness (QED) is 0.844. The Hall–Kier alpha value is -1.68. The summed E-state index contributed by atoms with van der Waals surface area (Å²) >= 11 is 1.16. The summed E-state index contributed by atoms with van der Waals surface area (Å²) < 4.78 is 4.10. The van der Waals surface area contributed by atoms with Gasteiger partial charge in [0.1, 0.15) is 0 Å². The fourth-order valence-corrected chi connectivity index (χ4v) is 1.99. The molecule has 0 aliphatic heterocycles. The molecule has 0 saturated carbocycles. The first-order chi connectivity index (χ1) is 7.18. The van der Waals surface area contributed by atoms with Gasteiger partial charge in [-0.05, 0) is 18.5 Å². The lowest BCUT2D eigenvalue weighted by Crippen LogP contribution is -1.96. The number of rotatable bonds is 2. The van der Waals surface area contributed by atoms with Crippen LogP contribution in [0.2, 0.25) is 0 Å². The maximum absolute atomic E-state index is 10.9. The number of aromatic nitrogens is 1. The van der Waals surface area contributed by atoms with E-state index >= 15 is 0 Å². The number of aryl methyl sites for hydroxylation is 1. The molecule has 1 heterocycles. The van der Waals surface area contributed by atoms with E-state index in [0.29, 0.717) is 5.69 Å². The van der Waals surface area contributed by atoms with Gasteiger partial charge in [0, 0.05) is 10.9 Å². The minimum absolute atomic E-state index is 0.267. The molecular weight excluding hydrogens is 210 g/mol. The fourth-order valence-electron chi connectivity index (χ4n) is 1.31. The van der Waals surface area contributed by atoms with E-state index in [2.05, 4.69) is 4.37 Å². The van der Waals surface area contributed by atoms with Crippen molar-refractivity contribution in [2.45, 2.75) is 6.92 Å². The zero-order valence-electron chi connectivity index (χ0n) is 8.10. The Balaban J connectivity index is 2.49. The van der Waals surface area contributed by atoms with Crippen LogP contribution in [-0.4, -0.2) is 15.4 Å². The summed E-state index contributed by atoms with van der Waals surface area (Å²) in [7, 11) is 0. The number of carboxylic acids is 1. The molecule has 0 saturated heterocycles. The van der Waals surface area contributed by atoms with Gasteiger partial charge in [0.25, 0.3) is 0 Å². The summed E-state index contributed by atoms with van der Waals surface area (Å²) in [5.41, 5.74) is 2.81. The number of hydrogen-bond acceptors (Lipinski definition) is 3. The molecule has 2 aromatic rings. The number of carbonyl (C=O) groups is 1. The molecule has 0 unspecified atom stereocenters. The number of aromatic carboxylic acids is 1. The molecule has 15 heavy (non-hydrogen) atoms. The Labute approximate surface area is 91.2 Å². The zero-order chi connectivity index (χ0) is 10.8. The molecule has 0 amide bonds. The minimum atomic E-state index is -0.931. The molecular formula is C11H9NO2S. The van der Waals surface area contributed by atoms with Crippen LogP contribution in [0.4, 0.5) is 0 Å². The van der Waals surface area contributed by atoms with Crippen LogP contribution in [0.3, 0.4) is 0 Å². The van der Waals surface area contributed by atoms with Crippen LogP contribution >= 0.6 is 11.5 Å². The Kier molecular flexibility index (Phi) is 2.51. The van der Waals surface area contributed by atoms with E-state index in [0.717, 1.165) is 22.7 Å². The predicted octanol–water partition coefficient (Wildman–Crippen LogP) is 2.82. The summed E-state index contributed by atoms with van der Waals surface area (Å²) in [4.78, 5) is 10.9. The summed E-state index contributed by atoms with van der Waals surface area (Å²) in [5.74, 6) is -0.931. The normalized spacial score (nSPS) is 10.2. The third-order valence-corrected chi connectivity index (χ3v) is 2.75. The molecule has 1 aromatic carbocycles. The highest BCUT2D eigenvalue weighted by atomic mass is 32.1. The second-order valence-electron chi connectivity index (χ2n) is 3.25. The SMILES string of the molecule is Cc1ccc(-c2nscc2C(=O)O)cc1. The lowest BCUT2D eigenvalue weighted by molar-refractivity contribution is 0.0698. The molecule has 0 aliphatic rings. The largest absolute Gasteiger partial charge is 0.478 e. The van der Waals surface area contributed by atoms with Crippen molar-refractivity contribution >= 4 is 17.5 Å². The van der Waals surface area contributed by atoms with Crippen molar-refractivity contribution in [1.29, 1.82) is 0 Å². The van der Waals surface area contributed by atoms with Gasteiger partial charge in [-0.3, -0.25) is 0 Å². The van der Waals surface area contributed by atoms with Gasteiger partial charge in [0.05, 0.1) is 11.3 Å². The van der Waals surface area contributed by atoms with E-state index in [9.17, 15) is 4.79 Å². The van der Waals surface area contributed by atoms with Crippen LogP contribution in [-0.2, 0) is 0 Å². The molecule has 0 bridgehead atoms. The Morgan fingerprint density at radius 1 is 1.33 bits per heavy atom. The monoisotopic (exact) mass is 219 g/mol. The molecule has 1 aromatic heterocycles. The molecule has 0 spiro atoms. The van der Waals surface area contributed by atoms with Crippen LogP contribution < -0.4 is 0 Å². The first kappa shape index (κ1) is 9.86. The van der Waals surface area contributed by atoms with Crippen molar-refractivity contribution in [3.63, 3.8) is 0 Å².